The summed E-state index contributed by atoms with van der Waals surface area (Å²) in [5, 5.41) is 2.26. The van der Waals surface area contributed by atoms with E-state index in [-0.39, 0.29) is 0 Å². The third-order valence-corrected chi connectivity index (χ3v) is 2.71. The van der Waals surface area contributed by atoms with Crippen LogP contribution in [-0.2, 0) is 6.54 Å². The molecule has 3 rings (SSSR count). The topological polar surface area (TPSA) is 30.7 Å². The lowest BCUT2D eigenvalue weighted by Crippen LogP contribution is -1.90. The summed E-state index contributed by atoms with van der Waals surface area (Å²) in [6.45, 7) is 0.642. The lowest BCUT2D eigenvalue weighted by atomic mass is 10.1. The fraction of sp³-hybridized carbons (Fsp3) is 0.0667. The van der Waals surface area contributed by atoms with Crippen LogP contribution < -0.4 is 0 Å². The molecule has 0 saturated carbocycles. The van der Waals surface area contributed by atoms with Crippen LogP contribution in [0.25, 0.3) is 10.8 Å². The molecule has 0 aliphatic rings. The molecule has 0 N–H and O–H groups in total. The summed E-state index contributed by atoms with van der Waals surface area (Å²) in [4.78, 5) is 8.19. The van der Waals surface area contributed by atoms with Crippen molar-refractivity contribution < 1.29 is 0 Å². The van der Waals surface area contributed by atoms with E-state index in [1.165, 1.54) is 0 Å². The number of hydrogen-bond acceptors (Lipinski definition) is 2. The number of hydrogen-bond donors (Lipinski definition) is 0. The lowest BCUT2D eigenvalue weighted by molar-refractivity contribution is 0.840. The Labute approximate surface area is 105 Å². The first-order chi connectivity index (χ1) is 8.93. The maximum absolute atomic E-state index is 4.21. The van der Waals surface area contributed by atoms with Gasteiger partial charge in [0.15, 0.2) is 0 Å². The van der Waals surface area contributed by atoms with Crippen molar-refractivity contribution >= 4 is 10.8 Å². The van der Waals surface area contributed by atoms with E-state index in [1.54, 1.807) is 12.5 Å². The average Bonchev–Trinajstić information content (AvgIpc) is 2.92. The highest BCUT2D eigenvalue weighted by Gasteiger charge is 1.96. The Hall–Kier alpha value is -2.60. The third kappa shape index (κ3) is 2.09. The van der Waals surface area contributed by atoms with Gasteiger partial charge in [-0.1, -0.05) is 36.1 Å². The molecule has 0 fully saturated rings. The number of nitrogens with zero attached hydrogens (tertiary/aromatic N) is 3. The highest BCUT2D eigenvalue weighted by atomic mass is 15.0. The van der Waals surface area contributed by atoms with Crippen molar-refractivity contribution in [2.75, 3.05) is 0 Å². The van der Waals surface area contributed by atoms with Gasteiger partial charge in [-0.25, -0.2) is 4.98 Å². The average molecular weight is 233 g/mol. The molecule has 2 heterocycles. The number of pyridine rings is 1. The first-order valence-electron chi connectivity index (χ1n) is 5.71. The maximum Gasteiger partial charge on any atom is 0.0954 e. The molecule has 0 amide bonds. The zero-order chi connectivity index (χ0) is 12.2. The maximum atomic E-state index is 4.21. The Morgan fingerprint density at radius 2 is 2.06 bits per heavy atom. The van der Waals surface area contributed by atoms with Gasteiger partial charge in [-0.15, -0.1) is 0 Å². The minimum atomic E-state index is 0.642. The van der Waals surface area contributed by atoms with Crippen molar-refractivity contribution in [1.82, 2.24) is 14.5 Å². The van der Waals surface area contributed by atoms with Crippen molar-refractivity contribution in [3.8, 4) is 11.8 Å². The van der Waals surface area contributed by atoms with Gasteiger partial charge in [-0.3, -0.25) is 4.98 Å². The molecule has 0 spiro atoms. The largest absolute Gasteiger partial charge is 0.326 e. The summed E-state index contributed by atoms with van der Waals surface area (Å²) >= 11 is 0. The molecule has 3 heteroatoms. The monoisotopic (exact) mass is 233 g/mol. The lowest BCUT2D eigenvalue weighted by Gasteiger charge is -1.98. The molecule has 0 radical (unpaired) electrons. The predicted molar refractivity (Wildman–Crippen MR) is 70.8 cm³/mol. The van der Waals surface area contributed by atoms with Gasteiger partial charge in [0.1, 0.15) is 0 Å². The molecule has 1 aromatic carbocycles. The molecular weight excluding hydrogens is 222 g/mol. The summed E-state index contributed by atoms with van der Waals surface area (Å²) in [7, 11) is 0. The van der Waals surface area contributed by atoms with Crippen molar-refractivity contribution in [3.05, 3.63) is 60.9 Å². The van der Waals surface area contributed by atoms with E-state index in [1.807, 2.05) is 41.4 Å². The molecule has 86 valence electrons. The van der Waals surface area contributed by atoms with Crippen LogP contribution in [0.1, 0.15) is 5.56 Å². The minimum absolute atomic E-state index is 0.642. The molecule has 0 unspecified atom stereocenters. The van der Waals surface area contributed by atoms with Crippen LogP contribution in [0.3, 0.4) is 0 Å². The highest BCUT2D eigenvalue weighted by Crippen LogP contribution is 2.15. The molecule has 0 aliphatic carbocycles. The fourth-order valence-electron chi connectivity index (χ4n) is 1.82. The molecule has 0 atom stereocenters. The molecule has 18 heavy (non-hydrogen) atoms. The third-order valence-electron chi connectivity index (χ3n) is 2.71. The van der Waals surface area contributed by atoms with Crippen LogP contribution in [0.2, 0.25) is 0 Å². The first-order valence-corrected chi connectivity index (χ1v) is 5.71. The van der Waals surface area contributed by atoms with Gasteiger partial charge in [-0.05, 0) is 0 Å². The zero-order valence-electron chi connectivity index (χ0n) is 9.74. The molecule has 0 saturated heterocycles. The van der Waals surface area contributed by atoms with Gasteiger partial charge in [0.2, 0.25) is 0 Å². The second kappa shape index (κ2) is 4.72. The Morgan fingerprint density at radius 3 is 2.94 bits per heavy atom. The van der Waals surface area contributed by atoms with E-state index in [0.29, 0.717) is 6.54 Å². The Morgan fingerprint density at radius 1 is 1.11 bits per heavy atom. The summed E-state index contributed by atoms with van der Waals surface area (Å²) < 4.78 is 1.94. The number of rotatable bonds is 1. The van der Waals surface area contributed by atoms with E-state index < -0.39 is 0 Å². The van der Waals surface area contributed by atoms with Crippen LogP contribution in [0.5, 0.6) is 0 Å². The molecule has 0 aliphatic heterocycles. The molecule has 2 aromatic heterocycles. The van der Waals surface area contributed by atoms with Gasteiger partial charge in [0.05, 0.1) is 18.4 Å². The van der Waals surface area contributed by atoms with E-state index in [4.69, 9.17) is 0 Å². The van der Waals surface area contributed by atoms with E-state index >= 15 is 0 Å². The van der Waals surface area contributed by atoms with E-state index in [2.05, 4.69) is 27.9 Å². The number of imidazole rings is 1. The van der Waals surface area contributed by atoms with Gasteiger partial charge < -0.3 is 4.57 Å². The quantitative estimate of drug-likeness (QED) is 0.604. The normalized spacial score (nSPS) is 10.0. The fourth-order valence-corrected chi connectivity index (χ4v) is 1.82. The summed E-state index contributed by atoms with van der Waals surface area (Å²) in [5.41, 5.74) is 0.966. The summed E-state index contributed by atoms with van der Waals surface area (Å²) in [6.07, 6.45) is 9.08. The molecule has 3 nitrogen and oxygen atoms in total. The summed E-state index contributed by atoms with van der Waals surface area (Å²) in [5.74, 6) is 6.29. The highest BCUT2D eigenvalue weighted by molar-refractivity contribution is 5.87. The number of fused-ring (bicyclic) bond motifs is 1. The van der Waals surface area contributed by atoms with Gasteiger partial charge in [0.25, 0.3) is 0 Å². The van der Waals surface area contributed by atoms with Crippen molar-refractivity contribution in [2.45, 2.75) is 6.54 Å². The van der Waals surface area contributed by atoms with Gasteiger partial charge in [0, 0.05) is 35.6 Å². The van der Waals surface area contributed by atoms with Crippen LogP contribution in [0.15, 0.2) is 55.4 Å². The second-order valence-corrected chi connectivity index (χ2v) is 3.94. The Balaban J connectivity index is 1.93. The van der Waals surface area contributed by atoms with E-state index in [0.717, 1.165) is 16.3 Å². The predicted octanol–water partition coefficient (Wildman–Crippen LogP) is 2.48. The van der Waals surface area contributed by atoms with Crippen LogP contribution in [0, 0.1) is 11.8 Å². The SMILES string of the molecule is C(#Cc1cncc2ccccc12)Cn1ccnc1. The van der Waals surface area contributed by atoms with Crippen LogP contribution >= 0.6 is 0 Å². The van der Waals surface area contributed by atoms with Crippen molar-refractivity contribution in [3.63, 3.8) is 0 Å². The Kier molecular flexibility index (Phi) is 2.77. The molecule has 0 bridgehead atoms. The summed E-state index contributed by atoms with van der Waals surface area (Å²) in [6, 6.07) is 8.14. The van der Waals surface area contributed by atoms with Crippen molar-refractivity contribution in [1.29, 1.82) is 0 Å². The van der Waals surface area contributed by atoms with Crippen molar-refractivity contribution in [2.24, 2.45) is 0 Å². The molecule has 3 aromatic rings. The smallest absolute Gasteiger partial charge is 0.0954 e. The Bertz CT molecular complexity index is 713. The number of aromatic nitrogens is 3. The number of benzene rings is 1. The molecular formula is C15H11N3. The van der Waals surface area contributed by atoms with Gasteiger partial charge >= 0.3 is 0 Å². The van der Waals surface area contributed by atoms with Gasteiger partial charge in [-0.2, -0.15) is 0 Å². The van der Waals surface area contributed by atoms with Crippen LogP contribution in [0.4, 0.5) is 0 Å². The minimum Gasteiger partial charge on any atom is -0.326 e. The second-order valence-electron chi connectivity index (χ2n) is 3.94. The standard InChI is InChI=1S/C15H11N3/c1-2-6-15-13(4-1)10-17-11-14(15)5-3-8-18-9-7-16-12-18/h1-2,4,6-7,9-12H,8H2. The van der Waals surface area contributed by atoms with Crippen LogP contribution in [-0.4, -0.2) is 14.5 Å². The first kappa shape index (κ1) is 10.5. The van der Waals surface area contributed by atoms with E-state index in [9.17, 15) is 0 Å². The zero-order valence-corrected chi connectivity index (χ0v) is 9.74.